The minimum atomic E-state index is -0.604. The molecule has 0 saturated heterocycles. The van der Waals surface area contributed by atoms with E-state index in [-0.39, 0.29) is 21.7 Å². The van der Waals surface area contributed by atoms with Crippen molar-refractivity contribution in [3.05, 3.63) is 11.6 Å². The van der Waals surface area contributed by atoms with Crippen LogP contribution < -0.4 is 0 Å². The van der Waals surface area contributed by atoms with E-state index in [1.54, 1.807) is 5.57 Å². The van der Waals surface area contributed by atoms with Gasteiger partial charge in [-0.05, 0) is 105 Å². The second kappa shape index (κ2) is 6.72. The molecule has 0 aromatic rings. The second-order valence-electron chi connectivity index (χ2n) is 14.1. The van der Waals surface area contributed by atoms with E-state index in [1.807, 2.05) is 6.92 Å². The maximum Gasteiger partial charge on any atom is 0.309 e. The molecule has 0 aromatic carbocycles. The fourth-order valence-electron chi connectivity index (χ4n) is 10.1. The zero-order chi connectivity index (χ0) is 23.3. The van der Waals surface area contributed by atoms with Gasteiger partial charge in [-0.2, -0.15) is 0 Å². The molecule has 0 heterocycles. The Morgan fingerprint density at radius 3 is 2.38 bits per heavy atom. The quantitative estimate of drug-likeness (QED) is 0.444. The van der Waals surface area contributed by atoms with Gasteiger partial charge in [-0.15, -0.1) is 0 Å². The number of carboxylic acid groups (broad SMARTS) is 1. The number of hydrogen-bond acceptors (Lipinski definition) is 2. The molecule has 5 aliphatic carbocycles. The minimum absolute atomic E-state index is 0.0625. The van der Waals surface area contributed by atoms with Gasteiger partial charge in [0.2, 0.25) is 0 Å². The van der Waals surface area contributed by atoms with E-state index in [0.717, 1.165) is 38.5 Å². The van der Waals surface area contributed by atoms with Crippen LogP contribution in [0.3, 0.4) is 0 Å². The largest absolute Gasteiger partial charge is 0.481 e. The maximum absolute atomic E-state index is 12.8. The first-order chi connectivity index (χ1) is 14.8. The molecule has 5 aliphatic rings. The van der Waals surface area contributed by atoms with Gasteiger partial charge in [0.05, 0.1) is 5.41 Å². The lowest BCUT2D eigenvalue weighted by Crippen LogP contribution is -2.59. The third-order valence-corrected chi connectivity index (χ3v) is 12.4. The fraction of sp³-hybridized carbons (Fsp3) is 0.862. The van der Waals surface area contributed by atoms with Crippen LogP contribution in [0.1, 0.15) is 106 Å². The molecule has 8 atom stereocenters. The molecule has 0 radical (unpaired) electrons. The van der Waals surface area contributed by atoms with Crippen molar-refractivity contribution in [1.82, 2.24) is 0 Å². The van der Waals surface area contributed by atoms with Crippen LogP contribution in [-0.2, 0) is 9.59 Å². The van der Waals surface area contributed by atoms with E-state index in [4.69, 9.17) is 0 Å². The van der Waals surface area contributed by atoms with Crippen molar-refractivity contribution < 1.29 is 14.7 Å². The van der Waals surface area contributed by atoms with Gasteiger partial charge in [0.15, 0.2) is 0 Å². The maximum atomic E-state index is 12.8. The Hall–Kier alpha value is -1.12. The zero-order valence-corrected chi connectivity index (χ0v) is 21.2. The van der Waals surface area contributed by atoms with Gasteiger partial charge >= 0.3 is 5.97 Å². The molecule has 0 amide bonds. The molecule has 178 valence electrons. The van der Waals surface area contributed by atoms with Crippen LogP contribution in [0.5, 0.6) is 0 Å². The third-order valence-electron chi connectivity index (χ3n) is 12.4. The summed E-state index contributed by atoms with van der Waals surface area (Å²) in [5, 5.41) is 10.1. The van der Waals surface area contributed by atoms with Crippen LogP contribution in [0.25, 0.3) is 0 Å². The van der Waals surface area contributed by atoms with E-state index in [9.17, 15) is 14.7 Å². The summed E-state index contributed by atoms with van der Waals surface area (Å²) in [5.74, 6) is 2.22. The number of aliphatic carboxylic acids is 1. The molecular formula is C29H44O3. The van der Waals surface area contributed by atoms with Gasteiger partial charge in [-0.25, -0.2) is 0 Å². The molecule has 5 rings (SSSR count). The summed E-state index contributed by atoms with van der Waals surface area (Å²) in [6, 6.07) is 0. The Balaban J connectivity index is 1.50. The van der Waals surface area contributed by atoms with E-state index in [2.05, 4.69) is 40.7 Å². The number of Topliss-reactive ketones (excluding diaryl/α,β-unsaturated/α-hetero) is 1. The van der Waals surface area contributed by atoms with Gasteiger partial charge in [0.25, 0.3) is 0 Å². The fourth-order valence-corrected chi connectivity index (χ4v) is 10.1. The van der Waals surface area contributed by atoms with Crippen molar-refractivity contribution in [2.75, 3.05) is 0 Å². The monoisotopic (exact) mass is 440 g/mol. The number of carbonyl (C=O) groups excluding carboxylic acids is 1. The molecule has 4 unspecified atom stereocenters. The highest BCUT2D eigenvalue weighted by molar-refractivity contribution is 5.85. The van der Waals surface area contributed by atoms with E-state index in [0.29, 0.717) is 29.5 Å². The van der Waals surface area contributed by atoms with Crippen LogP contribution >= 0.6 is 0 Å². The van der Waals surface area contributed by atoms with Crippen molar-refractivity contribution in [2.24, 2.45) is 50.7 Å². The highest BCUT2D eigenvalue weighted by Crippen LogP contribution is 2.71. The summed E-state index contributed by atoms with van der Waals surface area (Å²) in [6.45, 7) is 13.8. The van der Waals surface area contributed by atoms with Crippen molar-refractivity contribution in [1.29, 1.82) is 0 Å². The highest BCUT2D eigenvalue weighted by Gasteiger charge is 2.64. The normalized spacial score (nSPS) is 52.1. The van der Waals surface area contributed by atoms with Crippen molar-refractivity contribution in [3.8, 4) is 0 Å². The predicted octanol–water partition coefficient (Wildman–Crippen LogP) is 7.05. The molecule has 0 spiro atoms. The average Bonchev–Trinajstić information content (AvgIpc) is 2.72. The molecule has 0 aromatic heterocycles. The molecular weight excluding hydrogens is 396 g/mol. The van der Waals surface area contributed by atoms with Gasteiger partial charge in [0, 0.05) is 11.8 Å². The van der Waals surface area contributed by atoms with Gasteiger partial charge < -0.3 is 5.11 Å². The highest BCUT2D eigenvalue weighted by atomic mass is 16.4. The first-order valence-corrected chi connectivity index (χ1v) is 13.3. The third kappa shape index (κ3) is 2.72. The number of ketones is 1. The Morgan fingerprint density at radius 2 is 1.69 bits per heavy atom. The van der Waals surface area contributed by atoms with Gasteiger partial charge in [-0.3, -0.25) is 9.59 Å². The van der Waals surface area contributed by atoms with E-state index >= 15 is 0 Å². The molecule has 4 fully saturated rings. The van der Waals surface area contributed by atoms with Gasteiger partial charge in [0.1, 0.15) is 5.78 Å². The standard InChI is InChI=1S/C29H44O3/c1-25(2)22-10-7-18-19-11-13-27(4)16-15-26(3,24(31)32)17-29(27,6)21(19)9-8-20(18)28(22,5)14-12-23(25)30/h11,18,20-22H,7-10,12-17H2,1-6H3,(H,31,32)/t18?,20?,21?,22?,26-,27+,28-,29+/m1/s1. The lowest BCUT2D eigenvalue weighted by Gasteiger charge is -2.66. The molecule has 3 heteroatoms. The summed E-state index contributed by atoms with van der Waals surface area (Å²) >= 11 is 0. The SMILES string of the molecule is CC1(C)C(=O)CC[C@]2(C)C3CCC4C(=CC[C@@]5(C)CC[C@@](C)(C(=O)O)C[C@@]45C)C3CCC12. The number of hydrogen-bond donors (Lipinski definition) is 1. The second-order valence-corrected chi connectivity index (χ2v) is 14.1. The van der Waals surface area contributed by atoms with E-state index in [1.165, 1.54) is 25.7 Å². The van der Waals surface area contributed by atoms with Gasteiger partial charge in [-0.1, -0.05) is 46.3 Å². The number of allylic oxidation sites excluding steroid dienone is 2. The summed E-state index contributed by atoms with van der Waals surface area (Å²) in [5.41, 5.74) is 1.44. The average molecular weight is 441 g/mol. The predicted molar refractivity (Wildman–Crippen MR) is 127 cm³/mol. The van der Waals surface area contributed by atoms with Crippen molar-refractivity contribution in [2.45, 2.75) is 106 Å². The Kier molecular flexibility index (Phi) is 4.76. The van der Waals surface area contributed by atoms with Crippen molar-refractivity contribution in [3.63, 3.8) is 0 Å². The summed E-state index contributed by atoms with van der Waals surface area (Å²) < 4.78 is 0. The van der Waals surface area contributed by atoms with E-state index < -0.39 is 11.4 Å². The molecule has 4 saturated carbocycles. The molecule has 32 heavy (non-hydrogen) atoms. The molecule has 0 bridgehead atoms. The zero-order valence-electron chi connectivity index (χ0n) is 21.2. The number of rotatable bonds is 1. The molecule has 0 aliphatic heterocycles. The Labute approximate surface area is 194 Å². The summed E-state index contributed by atoms with van der Waals surface area (Å²) in [6.07, 6.45) is 13.0. The van der Waals surface area contributed by atoms with Crippen LogP contribution in [0.4, 0.5) is 0 Å². The Morgan fingerprint density at radius 1 is 0.969 bits per heavy atom. The smallest absolute Gasteiger partial charge is 0.309 e. The van der Waals surface area contributed by atoms with Crippen LogP contribution in [0, 0.1) is 50.7 Å². The Bertz CT molecular complexity index is 885. The first kappa shape index (κ1) is 22.7. The summed E-state index contributed by atoms with van der Waals surface area (Å²) in [7, 11) is 0. The minimum Gasteiger partial charge on any atom is -0.481 e. The van der Waals surface area contributed by atoms with Crippen molar-refractivity contribution >= 4 is 11.8 Å². The van der Waals surface area contributed by atoms with Crippen LogP contribution in [0.2, 0.25) is 0 Å². The van der Waals surface area contributed by atoms with Crippen LogP contribution in [0.15, 0.2) is 11.6 Å². The molecule has 3 nitrogen and oxygen atoms in total. The topological polar surface area (TPSA) is 54.4 Å². The lowest BCUT2D eigenvalue weighted by molar-refractivity contribution is -0.167. The number of carbonyl (C=O) groups is 2. The first-order valence-electron chi connectivity index (χ1n) is 13.3. The number of fused-ring (bicyclic) bond motifs is 7. The number of carboxylic acids is 1. The summed E-state index contributed by atoms with van der Waals surface area (Å²) in [4.78, 5) is 25.0. The van der Waals surface area contributed by atoms with Crippen LogP contribution in [-0.4, -0.2) is 16.9 Å². The lowest BCUT2D eigenvalue weighted by atomic mass is 9.38. The molecule has 1 N–H and O–H groups in total.